The van der Waals surface area contributed by atoms with Gasteiger partial charge in [-0.3, -0.25) is 0 Å². The van der Waals surface area contributed by atoms with Gasteiger partial charge in [-0.25, -0.2) is 0 Å². The zero-order chi connectivity index (χ0) is 7.84. The number of halogens is 2. The van der Waals surface area contributed by atoms with Gasteiger partial charge in [-0.1, -0.05) is 41.4 Å². The summed E-state index contributed by atoms with van der Waals surface area (Å²) in [5.41, 5.74) is 0.975. The van der Waals surface area contributed by atoms with Crippen molar-refractivity contribution in [2.24, 2.45) is 0 Å². The Hall–Kier alpha value is 0.340. The number of nitrogens with one attached hydrogen (secondary N) is 1. The van der Waals surface area contributed by atoms with Gasteiger partial charge in [0.1, 0.15) is 5.15 Å². The predicted molar refractivity (Wildman–Crippen MR) is 54.1 cm³/mol. The summed E-state index contributed by atoms with van der Waals surface area (Å²) in [5, 5.41) is 2.08. The van der Waals surface area contributed by atoms with Crippen molar-refractivity contribution in [1.29, 1.82) is 0 Å². The summed E-state index contributed by atoms with van der Waals surface area (Å²) < 4.78 is 0. The van der Waals surface area contributed by atoms with Gasteiger partial charge in [0.15, 0.2) is 0 Å². The Balaban J connectivity index is 0.000000720. The van der Waals surface area contributed by atoms with Crippen LogP contribution in [0.4, 0.5) is 0 Å². The molecule has 0 saturated heterocycles. The molecule has 2 aromatic rings. The van der Waals surface area contributed by atoms with E-state index >= 15 is 0 Å². The van der Waals surface area contributed by atoms with Gasteiger partial charge in [-0.15, -0.1) is 0 Å². The molecule has 0 aliphatic heterocycles. The molecule has 2 rings (SSSR count). The summed E-state index contributed by atoms with van der Waals surface area (Å²) in [7, 11) is 0. The fraction of sp³-hybridized carbons (Fsp3) is 0. The molecule has 0 amide bonds. The average molecular weight is 209 g/mol. The van der Waals surface area contributed by atoms with Crippen molar-refractivity contribution in [1.82, 2.24) is 4.98 Å². The number of hydrogen-bond donors (Lipinski definition) is 1. The Morgan fingerprint density at radius 1 is 1.08 bits per heavy atom. The molecule has 1 aromatic carbocycles. The van der Waals surface area contributed by atoms with Gasteiger partial charge < -0.3 is 4.98 Å². The number of hydrogen-bond acceptors (Lipinski definition) is 0. The summed E-state index contributed by atoms with van der Waals surface area (Å²) in [5.74, 6) is 0. The van der Waals surface area contributed by atoms with E-state index in [2.05, 4.69) is 4.98 Å². The first kappa shape index (κ1) is 10.4. The third kappa shape index (κ3) is 1.66. The van der Waals surface area contributed by atoms with Crippen molar-refractivity contribution in [3.05, 3.63) is 34.4 Å². The van der Waals surface area contributed by atoms with Crippen LogP contribution in [0, 0.1) is 0 Å². The van der Waals surface area contributed by atoms with E-state index < -0.39 is 0 Å². The van der Waals surface area contributed by atoms with Gasteiger partial charge in [-0.2, -0.15) is 0 Å². The fourth-order valence-corrected chi connectivity index (χ4v) is 1.49. The molecule has 57 valence electrons. The van der Waals surface area contributed by atoms with Crippen molar-refractivity contribution in [2.75, 3.05) is 0 Å². The SMILES string of the molecule is Clc1[nH]c2ccccc2c1Cl.[Na]. The molecule has 0 saturated carbocycles. The maximum atomic E-state index is 5.88. The van der Waals surface area contributed by atoms with E-state index in [1.165, 1.54) is 0 Å². The first-order valence-corrected chi connectivity index (χ1v) is 3.96. The molecule has 1 N–H and O–H groups in total. The first-order valence-electron chi connectivity index (χ1n) is 3.21. The van der Waals surface area contributed by atoms with Crippen LogP contribution in [0.3, 0.4) is 0 Å². The topological polar surface area (TPSA) is 15.8 Å². The molecule has 0 bridgehead atoms. The number of para-hydroxylation sites is 1. The summed E-state index contributed by atoms with van der Waals surface area (Å²) in [4.78, 5) is 2.96. The Morgan fingerprint density at radius 2 is 1.75 bits per heavy atom. The minimum absolute atomic E-state index is 0. The second-order valence-electron chi connectivity index (χ2n) is 2.30. The standard InChI is InChI=1S/C8H5Cl2N.Na/c9-7-5-3-1-2-4-6(5)11-8(7)10;/h1-4,11H;. The number of benzene rings is 1. The average Bonchev–Trinajstić information content (AvgIpc) is 2.30. The third-order valence-electron chi connectivity index (χ3n) is 1.60. The number of aromatic amines is 1. The fourth-order valence-electron chi connectivity index (χ4n) is 1.07. The van der Waals surface area contributed by atoms with Crippen LogP contribution in [0.5, 0.6) is 0 Å². The molecular weight excluding hydrogens is 204 g/mol. The van der Waals surface area contributed by atoms with E-state index in [9.17, 15) is 0 Å². The molecule has 0 aliphatic rings. The largest absolute Gasteiger partial charge is 0.344 e. The number of rotatable bonds is 0. The molecule has 4 heteroatoms. The molecule has 1 aromatic heterocycles. The molecule has 0 fully saturated rings. The van der Waals surface area contributed by atoms with Gasteiger partial charge in [0, 0.05) is 40.5 Å². The Labute approximate surface area is 102 Å². The van der Waals surface area contributed by atoms with Crippen LogP contribution >= 0.6 is 23.2 Å². The molecular formula is C8H5Cl2NNa. The molecule has 1 radical (unpaired) electrons. The third-order valence-corrected chi connectivity index (χ3v) is 2.37. The van der Waals surface area contributed by atoms with Crippen molar-refractivity contribution in [3.8, 4) is 0 Å². The van der Waals surface area contributed by atoms with Crippen molar-refractivity contribution in [2.45, 2.75) is 0 Å². The van der Waals surface area contributed by atoms with E-state index in [4.69, 9.17) is 23.2 Å². The van der Waals surface area contributed by atoms with Gasteiger partial charge in [0.2, 0.25) is 0 Å². The predicted octanol–water partition coefficient (Wildman–Crippen LogP) is 3.09. The number of fused-ring (bicyclic) bond motifs is 1. The number of H-pyrrole nitrogens is 1. The molecule has 1 nitrogen and oxygen atoms in total. The molecule has 0 unspecified atom stereocenters. The Kier molecular flexibility index (Phi) is 3.50. The minimum atomic E-state index is 0. The van der Waals surface area contributed by atoms with E-state index in [1.807, 2.05) is 24.3 Å². The molecule has 0 atom stereocenters. The summed E-state index contributed by atoms with van der Waals surface area (Å²) in [6.45, 7) is 0. The molecule has 12 heavy (non-hydrogen) atoms. The van der Waals surface area contributed by atoms with Crippen LogP contribution in [0.25, 0.3) is 10.9 Å². The van der Waals surface area contributed by atoms with Crippen LogP contribution in [0.2, 0.25) is 10.2 Å². The van der Waals surface area contributed by atoms with Crippen molar-refractivity contribution >= 4 is 63.7 Å². The van der Waals surface area contributed by atoms with Crippen LogP contribution in [-0.4, -0.2) is 34.5 Å². The van der Waals surface area contributed by atoms with E-state index in [0.717, 1.165) is 10.9 Å². The maximum Gasteiger partial charge on any atom is 0.126 e. The van der Waals surface area contributed by atoms with Gasteiger partial charge >= 0.3 is 0 Å². The molecule has 0 aliphatic carbocycles. The smallest absolute Gasteiger partial charge is 0.126 e. The quantitative estimate of drug-likeness (QED) is 0.641. The molecule has 0 spiro atoms. The van der Waals surface area contributed by atoms with Crippen molar-refractivity contribution < 1.29 is 0 Å². The summed E-state index contributed by atoms with van der Waals surface area (Å²) in [6, 6.07) is 7.73. The zero-order valence-electron chi connectivity index (χ0n) is 6.57. The van der Waals surface area contributed by atoms with E-state index in [-0.39, 0.29) is 29.6 Å². The van der Waals surface area contributed by atoms with E-state index in [1.54, 1.807) is 0 Å². The maximum absolute atomic E-state index is 5.88. The van der Waals surface area contributed by atoms with Crippen LogP contribution < -0.4 is 0 Å². The summed E-state index contributed by atoms with van der Waals surface area (Å²) >= 11 is 11.6. The Bertz CT molecular complexity index is 397. The Morgan fingerprint density at radius 3 is 2.42 bits per heavy atom. The monoisotopic (exact) mass is 208 g/mol. The second-order valence-corrected chi connectivity index (χ2v) is 3.05. The zero-order valence-corrected chi connectivity index (χ0v) is 10.1. The van der Waals surface area contributed by atoms with Crippen molar-refractivity contribution in [3.63, 3.8) is 0 Å². The minimum Gasteiger partial charge on any atom is -0.344 e. The van der Waals surface area contributed by atoms with E-state index in [0.29, 0.717) is 10.2 Å². The normalized spacial score (nSPS) is 9.83. The van der Waals surface area contributed by atoms with Gasteiger partial charge in [-0.05, 0) is 6.07 Å². The van der Waals surface area contributed by atoms with Gasteiger partial charge in [0.25, 0.3) is 0 Å². The first-order chi connectivity index (χ1) is 5.29. The second kappa shape index (κ2) is 4.03. The van der Waals surface area contributed by atoms with Crippen LogP contribution in [-0.2, 0) is 0 Å². The number of aromatic nitrogens is 1. The van der Waals surface area contributed by atoms with Gasteiger partial charge in [0.05, 0.1) is 5.02 Å². The molecule has 1 heterocycles. The summed E-state index contributed by atoms with van der Waals surface area (Å²) in [6.07, 6.45) is 0. The van der Waals surface area contributed by atoms with Crippen LogP contribution in [0.15, 0.2) is 24.3 Å². The van der Waals surface area contributed by atoms with Crippen LogP contribution in [0.1, 0.15) is 0 Å².